The minimum atomic E-state index is -4.52. The second-order valence-electron chi connectivity index (χ2n) is 5.52. The van der Waals surface area contributed by atoms with Crippen molar-refractivity contribution in [1.29, 1.82) is 0 Å². The van der Waals surface area contributed by atoms with E-state index in [1.807, 2.05) is 20.8 Å². The lowest BCUT2D eigenvalue weighted by Crippen LogP contribution is -2.14. The number of halogens is 3. The van der Waals surface area contributed by atoms with E-state index in [1.54, 1.807) is 0 Å². The standard InChI is InChI=1S/C13H13F3N4OS2/c1-12(2,3)10-19-20-11(22-10)18-8(21)7-5-4-6-17-9(7)23-13(14,15)16/h4-6H,1-3H3,(H,18,20,21). The van der Waals surface area contributed by atoms with E-state index in [2.05, 4.69) is 20.5 Å². The molecule has 23 heavy (non-hydrogen) atoms. The molecular formula is C13H13F3N4OS2. The third-order valence-electron chi connectivity index (χ3n) is 2.52. The van der Waals surface area contributed by atoms with Crippen LogP contribution in [-0.2, 0) is 5.41 Å². The summed E-state index contributed by atoms with van der Waals surface area (Å²) in [6, 6.07) is 2.68. The van der Waals surface area contributed by atoms with Gasteiger partial charge in [-0.15, -0.1) is 10.2 Å². The van der Waals surface area contributed by atoms with E-state index in [4.69, 9.17) is 0 Å². The van der Waals surface area contributed by atoms with Crippen molar-refractivity contribution in [2.24, 2.45) is 0 Å². The van der Waals surface area contributed by atoms with Gasteiger partial charge in [0, 0.05) is 23.4 Å². The van der Waals surface area contributed by atoms with E-state index >= 15 is 0 Å². The number of rotatable bonds is 3. The summed E-state index contributed by atoms with van der Waals surface area (Å²) in [6.45, 7) is 5.83. The Bertz CT molecular complexity index is 710. The van der Waals surface area contributed by atoms with Crippen LogP contribution in [0.3, 0.4) is 0 Å². The van der Waals surface area contributed by atoms with Crippen molar-refractivity contribution in [1.82, 2.24) is 15.2 Å². The Morgan fingerprint density at radius 2 is 1.96 bits per heavy atom. The van der Waals surface area contributed by atoms with Crippen molar-refractivity contribution < 1.29 is 18.0 Å². The lowest BCUT2D eigenvalue weighted by Gasteiger charge is -2.12. The maximum absolute atomic E-state index is 12.5. The Morgan fingerprint density at radius 3 is 2.52 bits per heavy atom. The molecular weight excluding hydrogens is 349 g/mol. The largest absolute Gasteiger partial charge is 0.447 e. The van der Waals surface area contributed by atoms with E-state index in [-0.39, 0.29) is 16.1 Å². The maximum atomic E-state index is 12.5. The van der Waals surface area contributed by atoms with Crippen LogP contribution in [0.2, 0.25) is 0 Å². The van der Waals surface area contributed by atoms with Gasteiger partial charge in [0.1, 0.15) is 10.0 Å². The lowest BCUT2D eigenvalue weighted by atomic mass is 9.98. The molecule has 2 heterocycles. The number of thioether (sulfide) groups is 1. The highest BCUT2D eigenvalue weighted by atomic mass is 32.2. The zero-order chi connectivity index (χ0) is 17.3. The minimum absolute atomic E-state index is 0.165. The second-order valence-corrected chi connectivity index (χ2v) is 7.55. The Morgan fingerprint density at radius 1 is 1.26 bits per heavy atom. The van der Waals surface area contributed by atoms with E-state index in [0.717, 1.165) is 0 Å². The average Bonchev–Trinajstić information content (AvgIpc) is 2.85. The highest BCUT2D eigenvalue weighted by Crippen LogP contribution is 2.37. The molecule has 0 aliphatic heterocycles. The minimum Gasteiger partial charge on any atom is -0.296 e. The molecule has 0 aromatic carbocycles. The molecule has 10 heteroatoms. The molecule has 1 N–H and O–H groups in total. The molecule has 0 saturated carbocycles. The number of anilines is 1. The fourth-order valence-electron chi connectivity index (χ4n) is 1.50. The molecule has 2 rings (SSSR count). The highest BCUT2D eigenvalue weighted by molar-refractivity contribution is 8.00. The fourth-order valence-corrected chi connectivity index (χ4v) is 2.90. The number of alkyl halides is 3. The van der Waals surface area contributed by atoms with Crippen LogP contribution >= 0.6 is 23.1 Å². The van der Waals surface area contributed by atoms with Crippen LogP contribution in [0.1, 0.15) is 36.1 Å². The molecule has 0 saturated heterocycles. The third kappa shape index (κ3) is 4.90. The van der Waals surface area contributed by atoms with Crippen LogP contribution in [0.25, 0.3) is 0 Å². The number of hydrogen-bond donors (Lipinski definition) is 1. The molecule has 0 spiro atoms. The molecule has 0 unspecified atom stereocenters. The van der Waals surface area contributed by atoms with Gasteiger partial charge in [-0.05, 0) is 12.1 Å². The van der Waals surface area contributed by atoms with E-state index in [1.165, 1.54) is 29.7 Å². The summed E-state index contributed by atoms with van der Waals surface area (Å²) in [5.74, 6) is -0.707. The summed E-state index contributed by atoms with van der Waals surface area (Å²) in [4.78, 5) is 15.8. The Labute approximate surface area is 138 Å². The predicted molar refractivity (Wildman–Crippen MR) is 82.7 cm³/mol. The Kier molecular flexibility index (Phi) is 4.95. The van der Waals surface area contributed by atoms with Crippen molar-refractivity contribution in [3.63, 3.8) is 0 Å². The van der Waals surface area contributed by atoms with Gasteiger partial charge in [0.15, 0.2) is 0 Å². The van der Waals surface area contributed by atoms with Crippen LogP contribution in [-0.4, -0.2) is 26.6 Å². The smallest absolute Gasteiger partial charge is 0.296 e. The molecule has 0 aliphatic rings. The van der Waals surface area contributed by atoms with Gasteiger partial charge in [0.25, 0.3) is 5.91 Å². The monoisotopic (exact) mass is 362 g/mol. The summed E-state index contributed by atoms with van der Waals surface area (Å²) in [7, 11) is 0. The lowest BCUT2D eigenvalue weighted by molar-refractivity contribution is -0.0329. The van der Waals surface area contributed by atoms with Gasteiger partial charge in [0.2, 0.25) is 5.13 Å². The molecule has 0 atom stereocenters. The number of pyridine rings is 1. The first-order chi connectivity index (χ1) is 10.6. The second kappa shape index (κ2) is 6.44. The number of nitrogens with one attached hydrogen (secondary N) is 1. The molecule has 1 amide bonds. The highest BCUT2D eigenvalue weighted by Gasteiger charge is 2.32. The van der Waals surface area contributed by atoms with Gasteiger partial charge in [-0.25, -0.2) is 4.98 Å². The molecule has 0 fully saturated rings. The molecule has 0 radical (unpaired) electrons. The normalized spacial score (nSPS) is 12.3. The Hall–Kier alpha value is -1.68. The Balaban J connectivity index is 2.20. The van der Waals surface area contributed by atoms with Crippen LogP contribution in [0.5, 0.6) is 0 Å². The number of nitrogens with zero attached hydrogens (tertiary/aromatic N) is 3. The van der Waals surface area contributed by atoms with Gasteiger partial charge in [-0.1, -0.05) is 32.1 Å². The third-order valence-corrected chi connectivity index (χ3v) is 4.53. The van der Waals surface area contributed by atoms with Crippen LogP contribution < -0.4 is 5.32 Å². The van der Waals surface area contributed by atoms with Gasteiger partial charge in [-0.3, -0.25) is 10.1 Å². The maximum Gasteiger partial charge on any atom is 0.447 e. The van der Waals surface area contributed by atoms with Crippen LogP contribution in [0, 0.1) is 0 Å². The van der Waals surface area contributed by atoms with E-state index < -0.39 is 28.2 Å². The van der Waals surface area contributed by atoms with Gasteiger partial charge in [-0.2, -0.15) is 13.2 Å². The van der Waals surface area contributed by atoms with Crippen molar-refractivity contribution in [2.45, 2.75) is 36.7 Å². The van der Waals surface area contributed by atoms with Crippen molar-refractivity contribution >= 4 is 34.1 Å². The number of amides is 1. The van der Waals surface area contributed by atoms with Crippen LogP contribution in [0.15, 0.2) is 23.4 Å². The van der Waals surface area contributed by atoms with Crippen molar-refractivity contribution in [3.8, 4) is 0 Å². The zero-order valence-electron chi connectivity index (χ0n) is 12.4. The SMILES string of the molecule is CC(C)(C)c1nnc(NC(=O)c2cccnc2SC(F)(F)F)s1. The molecule has 2 aromatic heterocycles. The van der Waals surface area contributed by atoms with Crippen molar-refractivity contribution in [2.75, 3.05) is 5.32 Å². The molecule has 5 nitrogen and oxygen atoms in total. The molecule has 0 bridgehead atoms. The van der Waals surface area contributed by atoms with E-state index in [0.29, 0.717) is 5.01 Å². The molecule has 124 valence electrons. The number of carbonyl (C=O) groups is 1. The fraction of sp³-hybridized carbons (Fsp3) is 0.385. The predicted octanol–water partition coefficient (Wildman–Crippen LogP) is 4.09. The first-order valence-corrected chi connectivity index (χ1v) is 8.05. The summed E-state index contributed by atoms with van der Waals surface area (Å²) in [5, 5.41) is 10.8. The topological polar surface area (TPSA) is 67.8 Å². The summed E-state index contributed by atoms with van der Waals surface area (Å²) in [5.41, 5.74) is -4.92. The summed E-state index contributed by atoms with van der Waals surface area (Å²) >= 11 is 0.749. The average molecular weight is 362 g/mol. The molecule has 2 aromatic rings. The van der Waals surface area contributed by atoms with Gasteiger partial charge < -0.3 is 0 Å². The zero-order valence-corrected chi connectivity index (χ0v) is 14.1. The van der Waals surface area contributed by atoms with Gasteiger partial charge >= 0.3 is 5.51 Å². The van der Waals surface area contributed by atoms with E-state index in [9.17, 15) is 18.0 Å². The summed E-state index contributed by atoms with van der Waals surface area (Å²) in [6.07, 6.45) is 1.20. The quantitative estimate of drug-likeness (QED) is 0.833. The summed E-state index contributed by atoms with van der Waals surface area (Å²) < 4.78 is 37.6. The molecule has 0 aliphatic carbocycles. The van der Waals surface area contributed by atoms with Gasteiger partial charge in [0.05, 0.1) is 5.56 Å². The number of hydrogen-bond acceptors (Lipinski definition) is 6. The van der Waals surface area contributed by atoms with Crippen LogP contribution in [0.4, 0.5) is 18.3 Å². The number of aromatic nitrogens is 3. The first-order valence-electron chi connectivity index (χ1n) is 6.42. The first kappa shape index (κ1) is 17.7. The number of carbonyl (C=O) groups excluding carboxylic acids is 1. The van der Waals surface area contributed by atoms with Crippen molar-refractivity contribution in [3.05, 3.63) is 28.9 Å².